The predicted octanol–water partition coefficient (Wildman–Crippen LogP) is 4.99. The Morgan fingerprint density at radius 1 is 1.06 bits per heavy atom. The quantitative estimate of drug-likeness (QED) is 0.393. The van der Waals surface area contributed by atoms with Crippen LogP contribution in [0.3, 0.4) is 0 Å². The Morgan fingerprint density at radius 2 is 1.88 bits per heavy atom. The topological polar surface area (TPSA) is 118 Å². The zero-order valence-electron chi connectivity index (χ0n) is 16.5. The lowest BCUT2D eigenvalue weighted by molar-refractivity contribution is -0.384. The van der Waals surface area contributed by atoms with Crippen molar-refractivity contribution >= 4 is 50.6 Å². The number of hydrogen-bond donors (Lipinski definition) is 2. The Balaban J connectivity index is 1.57. The number of carbonyl (C=O) groups is 1. The molecule has 0 atom stereocenters. The van der Waals surface area contributed by atoms with Gasteiger partial charge in [0.25, 0.3) is 5.69 Å². The van der Waals surface area contributed by atoms with Gasteiger partial charge in [0.2, 0.25) is 0 Å². The van der Waals surface area contributed by atoms with Crippen LogP contribution in [-0.4, -0.2) is 29.1 Å². The first kappa shape index (κ1) is 21.2. The second-order valence-corrected chi connectivity index (χ2v) is 7.59. The molecule has 2 N–H and O–H groups in total. The van der Waals surface area contributed by atoms with E-state index in [9.17, 15) is 14.9 Å². The maximum absolute atomic E-state index is 12.1. The molecular formula is C22H16BrN5O4. The summed E-state index contributed by atoms with van der Waals surface area (Å²) in [5.41, 5.74) is 5.35. The van der Waals surface area contributed by atoms with Gasteiger partial charge in [-0.15, -0.1) is 0 Å². The molecule has 0 fully saturated rings. The van der Waals surface area contributed by atoms with Crippen molar-refractivity contribution in [2.45, 2.75) is 0 Å². The van der Waals surface area contributed by atoms with Gasteiger partial charge in [0.05, 0.1) is 16.3 Å². The monoisotopic (exact) mass is 493 g/mol. The number of amides is 1. The highest BCUT2D eigenvalue weighted by atomic mass is 79.9. The van der Waals surface area contributed by atoms with Crippen LogP contribution in [0, 0.1) is 10.1 Å². The molecule has 3 aromatic carbocycles. The van der Waals surface area contributed by atoms with E-state index in [1.807, 2.05) is 36.4 Å². The van der Waals surface area contributed by atoms with Gasteiger partial charge >= 0.3 is 6.09 Å². The summed E-state index contributed by atoms with van der Waals surface area (Å²) in [5.74, 6) is 0.274. The molecule has 1 aliphatic rings. The zero-order valence-corrected chi connectivity index (χ0v) is 18.1. The molecule has 1 amide bonds. The first-order valence-corrected chi connectivity index (χ1v) is 10.2. The molecule has 4 rings (SSSR count). The van der Waals surface area contributed by atoms with Crippen molar-refractivity contribution in [3.05, 3.63) is 98.5 Å². The molecule has 1 heterocycles. The predicted molar refractivity (Wildman–Crippen MR) is 125 cm³/mol. The number of hydroxylamine groups is 1. The highest BCUT2D eigenvalue weighted by Crippen LogP contribution is 2.29. The minimum atomic E-state index is -0.730. The van der Waals surface area contributed by atoms with Gasteiger partial charge < -0.3 is 4.84 Å². The van der Waals surface area contributed by atoms with Crippen LogP contribution in [0.2, 0.25) is 0 Å². The molecular weight excluding hydrogens is 478 g/mol. The molecule has 0 unspecified atom stereocenters. The van der Waals surface area contributed by atoms with Crippen molar-refractivity contribution in [3.8, 4) is 0 Å². The van der Waals surface area contributed by atoms with Crippen molar-refractivity contribution in [1.29, 1.82) is 0 Å². The summed E-state index contributed by atoms with van der Waals surface area (Å²) < 4.78 is 0.810. The number of carbonyl (C=O) groups excluding carboxylic acids is 1. The van der Waals surface area contributed by atoms with Gasteiger partial charge in [-0.3, -0.25) is 20.4 Å². The van der Waals surface area contributed by atoms with Gasteiger partial charge in [-0.1, -0.05) is 52.3 Å². The molecule has 0 spiro atoms. The summed E-state index contributed by atoms with van der Waals surface area (Å²) in [6.45, 7) is 0.0802. The normalized spacial score (nSPS) is 12.5. The number of nitro groups is 1. The fourth-order valence-electron chi connectivity index (χ4n) is 3.06. The SMILES string of the molecule is O=C(Nc1cccc(Br)c1)ONC1=Nc2ccc([N+](=O)[O-])cc2C(c2ccccc2)=NC1. The summed E-state index contributed by atoms with van der Waals surface area (Å²) >= 11 is 3.33. The first-order valence-electron chi connectivity index (χ1n) is 9.45. The minimum absolute atomic E-state index is 0.0661. The smallest absolute Gasteiger partial charge is 0.323 e. The maximum Gasteiger partial charge on any atom is 0.435 e. The van der Waals surface area contributed by atoms with Crippen LogP contribution in [-0.2, 0) is 4.84 Å². The Morgan fingerprint density at radius 3 is 2.62 bits per heavy atom. The molecule has 0 radical (unpaired) electrons. The van der Waals surface area contributed by atoms with Crippen LogP contribution >= 0.6 is 15.9 Å². The number of hydrogen-bond acceptors (Lipinski definition) is 7. The molecule has 0 aliphatic carbocycles. The highest BCUT2D eigenvalue weighted by molar-refractivity contribution is 9.10. The average molecular weight is 494 g/mol. The molecule has 0 aromatic heterocycles. The van der Waals surface area contributed by atoms with E-state index in [0.29, 0.717) is 22.6 Å². The standard InChI is InChI=1S/C22H16BrN5O4/c23-15-7-4-8-16(11-15)25-22(29)32-27-20-13-24-21(14-5-2-1-3-6-14)18-12-17(28(30)31)9-10-19(18)26-20/h1-12H,13H2,(H,25,29)(H,26,27). The second-order valence-electron chi connectivity index (χ2n) is 6.67. The van der Waals surface area contributed by atoms with E-state index in [0.717, 1.165) is 10.0 Å². The van der Waals surface area contributed by atoms with E-state index < -0.39 is 11.0 Å². The van der Waals surface area contributed by atoms with Crippen LogP contribution in [0.15, 0.2) is 87.3 Å². The van der Waals surface area contributed by atoms with Gasteiger partial charge in [-0.25, -0.2) is 15.3 Å². The maximum atomic E-state index is 12.1. The van der Waals surface area contributed by atoms with Crippen LogP contribution < -0.4 is 10.8 Å². The Hall–Kier alpha value is -4.05. The molecule has 1 aliphatic heterocycles. The number of nitrogens with zero attached hydrogens (tertiary/aromatic N) is 3. The Kier molecular flexibility index (Phi) is 6.22. The van der Waals surface area contributed by atoms with Gasteiger partial charge in [0.1, 0.15) is 6.54 Å². The number of benzene rings is 3. The molecule has 160 valence electrons. The molecule has 0 bridgehead atoms. The van der Waals surface area contributed by atoms with Gasteiger partial charge in [0.15, 0.2) is 5.84 Å². The van der Waals surface area contributed by atoms with Gasteiger partial charge in [-0.05, 0) is 24.3 Å². The summed E-state index contributed by atoms with van der Waals surface area (Å²) in [6.07, 6.45) is -0.730. The highest BCUT2D eigenvalue weighted by Gasteiger charge is 2.20. The van der Waals surface area contributed by atoms with E-state index in [4.69, 9.17) is 4.84 Å². The van der Waals surface area contributed by atoms with Crippen LogP contribution in [0.5, 0.6) is 0 Å². The number of fused-ring (bicyclic) bond motifs is 1. The van der Waals surface area contributed by atoms with Crippen molar-refractivity contribution in [2.75, 3.05) is 11.9 Å². The number of amidine groups is 1. The number of non-ortho nitro benzene ring substituents is 1. The van der Waals surface area contributed by atoms with Crippen molar-refractivity contribution in [1.82, 2.24) is 5.48 Å². The van der Waals surface area contributed by atoms with Crippen molar-refractivity contribution in [3.63, 3.8) is 0 Å². The molecule has 10 heteroatoms. The first-order chi connectivity index (χ1) is 15.5. The number of nitro benzene ring substituents is 1. The number of rotatable bonds is 3. The fourth-order valence-corrected chi connectivity index (χ4v) is 3.46. The number of halogens is 1. The van der Waals surface area contributed by atoms with Gasteiger partial charge in [-0.2, -0.15) is 0 Å². The minimum Gasteiger partial charge on any atom is -0.323 e. The Labute approximate surface area is 191 Å². The summed E-state index contributed by atoms with van der Waals surface area (Å²) in [6, 6.07) is 20.7. The largest absolute Gasteiger partial charge is 0.435 e. The van der Waals surface area contributed by atoms with E-state index >= 15 is 0 Å². The molecule has 0 saturated heterocycles. The average Bonchev–Trinajstić information content (AvgIpc) is 2.97. The van der Waals surface area contributed by atoms with E-state index in [-0.39, 0.29) is 18.1 Å². The van der Waals surface area contributed by atoms with Gasteiger partial charge in [0, 0.05) is 33.4 Å². The lowest BCUT2D eigenvalue weighted by Gasteiger charge is -2.09. The molecule has 9 nitrogen and oxygen atoms in total. The number of aliphatic imine (C=N–C) groups is 2. The molecule has 32 heavy (non-hydrogen) atoms. The molecule has 0 saturated carbocycles. The van der Waals surface area contributed by atoms with Crippen LogP contribution in [0.4, 0.5) is 21.9 Å². The lowest BCUT2D eigenvalue weighted by atomic mass is 10.00. The summed E-state index contributed by atoms with van der Waals surface area (Å²) in [4.78, 5) is 37.1. The van der Waals surface area contributed by atoms with E-state index in [2.05, 4.69) is 36.7 Å². The fraction of sp³-hybridized carbons (Fsp3) is 0.0455. The van der Waals surface area contributed by atoms with Crippen LogP contribution in [0.25, 0.3) is 0 Å². The van der Waals surface area contributed by atoms with Crippen molar-refractivity contribution in [2.24, 2.45) is 9.98 Å². The third-order valence-electron chi connectivity index (χ3n) is 4.47. The second kappa shape index (κ2) is 9.40. The summed E-state index contributed by atoms with van der Waals surface area (Å²) in [5, 5.41) is 13.9. The number of anilines is 1. The third-order valence-corrected chi connectivity index (χ3v) is 4.96. The third kappa shape index (κ3) is 4.98. The van der Waals surface area contributed by atoms with Crippen molar-refractivity contribution < 1.29 is 14.6 Å². The zero-order chi connectivity index (χ0) is 22.5. The molecule has 3 aromatic rings. The van der Waals surface area contributed by atoms with Crippen LogP contribution in [0.1, 0.15) is 11.1 Å². The lowest BCUT2D eigenvalue weighted by Crippen LogP contribution is -2.31. The summed E-state index contributed by atoms with van der Waals surface area (Å²) in [7, 11) is 0. The Bertz CT molecular complexity index is 1240. The van der Waals surface area contributed by atoms with E-state index in [1.165, 1.54) is 12.1 Å². The number of nitrogens with one attached hydrogen (secondary N) is 2. The van der Waals surface area contributed by atoms with E-state index in [1.54, 1.807) is 24.3 Å².